The number of carbonyl (C=O) groups is 1. The Hall–Kier alpha value is -4.16. The summed E-state index contributed by atoms with van der Waals surface area (Å²) < 4.78 is 15.2. The average molecular weight is 526 g/mol. The van der Waals surface area contributed by atoms with Gasteiger partial charge < -0.3 is 19.4 Å². The largest absolute Gasteiger partial charge is 0.497 e. The number of ether oxygens (including phenoxy) is 2. The molecule has 6 rings (SSSR count). The molecule has 0 spiro atoms. The van der Waals surface area contributed by atoms with Crippen molar-refractivity contribution in [3.63, 3.8) is 0 Å². The molecule has 38 heavy (non-hydrogen) atoms. The van der Waals surface area contributed by atoms with Gasteiger partial charge in [-0.05, 0) is 78.9 Å². The van der Waals surface area contributed by atoms with Crippen molar-refractivity contribution in [3.8, 4) is 33.9 Å². The third-order valence-corrected chi connectivity index (χ3v) is 7.57. The Morgan fingerprint density at radius 1 is 0.868 bits per heavy atom. The average Bonchev–Trinajstić information content (AvgIpc) is 3.37. The molecular weight excluding hydrogens is 498 g/mol. The van der Waals surface area contributed by atoms with Gasteiger partial charge >= 0.3 is 0 Å². The summed E-state index contributed by atoms with van der Waals surface area (Å²) in [6, 6.07) is 23.3. The first-order valence-corrected chi connectivity index (χ1v) is 13.1. The minimum atomic E-state index is -0.204. The number of aromatic nitrogens is 2. The summed E-state index contributed by atoms with van der Waals surface area (Å²) in [6.45, 7) is 0.877. The lowest BCUT2D eigenvalue weighted by atomic mass is 9.97. The molecule has 3 heterocycles. The maximum Gasteiger partial charge on any atom is 0.273 e. The van der Waals surface area contributed by atoms with Gasteiger partial charge in [-0.15, -0.1) is 0 Å². The normalized spacial score (nSPS) is 12.8. The number of aryl methyl sites for hydroxylation is 2. The van der Waals surface area contributed by atoms with E-state index in [9.17, 15) is 4.79 Å². The van der Waals surface area contributed by atoms with Gasteiger partial charge in [0.2, 0.25) is 0 Å². The fourth-order valence-corrected chi connectivity index (χ4v) is 5.60. The molecule has 2 aromatic heterocycles. The van der Waals surface area contributed by atoms with Crippen LogP contribution in [0.5, 0.6) is 11.5 Å². The molecule has 0 radical (unpaired) electrons. The molecule has 1 N–H and O–H groups in total. The summed E-state index contributed by atoms with van der Waals surface area (Å²) in [4.78, 5) is 14.0. The highest BCUT2D eigenvalue weighted by molar-refractivity contribution is 6.34. The highest BCUT2D eigenvalue weighted by atomic mass is 35.5. The van der Waals surface area contributed by atoms with Crippen LogP contribution in [0.2, 0.25) is 5.02 Å². The van der Waals surface area contributed by atoms with E-state index in [2.05, 4.69) is 32.6 Å². The number of nitrogens with one attached hydrogen (secondary N) is 1. The minimum Gasteiger partial charge on any atom is -0.497 e. The minimum absolute atomic E-state index is 0.204. The second-order valence-corrected chi connectivity index (χ2v) is 9.82. The van der Waals surface area contributed by atoms with Crippen molar-refractivity contribution >= 4 is 28.8 Å². The number of methoxy groups -OCH3 is 2. The van der Waals surface area contributed by atoms with E-state index in [1.165, 1.54) is 5.56 Å². The van der Waals surface area contributed by atoms with Crippen LogP contribution in [-0.4, -0.2) is 29.1 Å². The van der Waals surface area contributed by atoms with E-state index in [0.717, 1.165) is 65.3 Å². The number of hydrogen-bond acceptors (Lipinski definition) is 3. The zero-order chi connectivity index (χ0) is 26.2. The highest BCUT2D eigenvalue weighted by Gasteiger charge is 2.30. The van der Waals surface area contributed by atoms with E-state index in [4.69, 9.17) is 21.1 Å². The number of hydrogen-bond donors (Lipinski definition) is 1. The van der Waals surface area contributed by atoms with Gasteiger partial charge in [0.05, 0.1) is 30.6 Å². The first-order valence-electron chi connectivity index (χ1n) is 12.7. The molecule has 0 atom stereocenters. The van der Waals surface area contributed by atoms with Gasteiger partial charge in [-0.1, -0.05) is 35.9 Å². The zero-order valence-corrected chi connectivity index (χ0v) is 22.1. The van der Waals surface area contributed by atoms with Crippen LogP contribution in [0.25, 0.3) is 28.0 Å². The van der Waals surface area contributed by atoms with E-state index in [-0.39, 0.29) is 5.91 Å². The number of benzene rings is 3. The molecule has 0 saturated carbocycles. The molecule has 0 fully saturated rings. The molecule has 1 amide bonds. The molecule has 192 valence electrons. The Morgan fingerprint density at radius 3 is 2.18 bits per heavy atom. The number of rotatable bonds is 6. The standard InChI is InChI=1S/C31H28ClN3O3/c1-37-22-14-10-20(11-15-22)27-19-35-29(30(36)33-26-9-4-3-8-25(26)32)28(21-12-16-23(38-2)17-13-21)24-7-5-6-18-34(27)31(24)35/h3-4,8-17,19H,5-7,18H2,1-2H3,(H,33,36). The predicted molar refractivity (Wildman–Crippen MR) is 152 cm³/mol. The lowest BCUT2D eigenvalue weighted by Crippen LogP contribution is -2.15. The SMILES string of the molecule is COc1ccc(-c2c3c4n(c(-c5ccc(OC)cc5)cn4c2C(=O)Nc2ccccc2Cl)CCCC3)cc1. The van der Waals surface area contributed by atoms with E-state index in [1.807, 2.05) is 54.6 Å². The molecule has 1 aliphatic heterocycles. The Balaban J connectivity index is 1.59. The summed E-state index contributed by atoms with van der Waals surface area (Å²) in [7, 11) is 3.32. The van der Waals surface area contributed by atoms with Crippen molar-refractivity contribution in [2.24, 2.45) is 0 Å². The van der Waals surface area contributed by atoms with Gasteiger partial charge in [-0.2, -0.15) is 0 Å². The lowest BCUT2D eigenvalue weighted by Gasteiger charge is -2.11. The number of carbonyl (C=O) groups excluding carboxylic acids is 1. The van der Waals surface area contributed by atoms with Crippen molar-refractivity contribution in [2.45, 2.75) is 25.8 Å². The van der Waals surface area contributed by atoms with Gasteiger partial charge in [-0.25, -0.2) is 0 Å². The van der Waals surface area contributed by atoms with Crippen LogP contribution in [0.4, 0.5) is 5.69 Å². The third kappa shape index (κ3) is 4.11. The van der Waals surface area contributed by atoms with Crippen LogP contribution in [0.15, 0.2) is 79.0 Å². The van der Waals surface area contributed by atoms with Gasteiger partial charge in [0, 0.05) is 23.9 Å². The van der Waals surface area contributed by atoms with E-state index < -0.39 is 0 Å². The fraction of sp³-hybridized carbons (Fsp3) is 0.194. The second-order valence-electron chi connectivity index (χ2n) is 9.41. The van der Waals surface area contributed by atoms with E-state index >= 15 is 0 Å². The second kappa shape index (κ2) is 9.95. The van der Waals surface area contributed by atoms with Gasteiger partial charge in [0.1, 0.15) is 22.8 Å². The summed E-state index contributed by atoms with van der Waals surface area (Å²) in [6.07, 6.45) is 5.07. The Bertz CT molecular complexity index is 1630. The number of amides is 1. The van der Waals surface area contributed by atoms with Crippen LogP contribution in [0, 0.1) is 0 Å². The molecule has 7 heteroatoms. The first-order chi connectivity index (χ1) is 18.6. The maximum atomic E-state index is 14.0. The van der Waals surface area contributed by atoms with Gasteiger partial charge in [-0.3, -0.25) is 9.20 Å². The van der Waals surface area contributed by atoms with Crippen molar-refractivity contribution in [3.05, 3.63) is 95.3 Å². The number of anilines is 1. The highest BCUT2D eigenvalue weighted by Crippen LogP contribution is 2.40. The number of nitrogens with zero attached hydrogens (tertiary/aromatic N) is 2. The summed E-state index contributed by atoms with van der Waals surface area (Å²) >= 11 is 6.41. The fourth-order valence-electron chi connectivity index (χ4n) is 5.41. The number of halogens is 1. The summed E-state index contributed by atoms with van der Waals surface area (Å²) in [5.74, 6) is 1.38. The van der Waals surface area contributed by atoms with Crippen molar-refractivity contribution in [2.75, 3.05) is 19.5 Å². The molecule has 5 aromatic rings. The summed E-state index contributed by atoms with van der Waals surface area (Å²) in [5.41, 5.74) is 7.48. The molecule has 0 saturated heterocycles. The smallest absolute Gasteiger partial charge is 0.273 e. The monoisotopic (exact) mass is 525 g/mol. The van der Waals surface area contributed by atoms with Crippen LogP contribution >= 0.6 is 11.6 Å². The van der Waals surface area contributed by atoms with E-state index in [0.29, 0.717) is 16.4 Å². The Morgan fingerprint density at radius 2 is 1.53 bits per heavy atom. The summed E-state index contributed by atoms with van der Waals surface area (Å²) in [5, 5.41) is 3.56. The Labute approximate surface area is 226 Å². The van der Waals surface area contributed by atoms with Gasteiger partial charge in [0.25, 0.3) is 5.91 Å². The Kier molecular flexibility index (Phi) is 6.34. The van der Waals surface area contributed by atoms with Crippen LogP contribution in [0.1, 0.15) is 28.9 Å². The molecule has 6 nitrogen and oxygen atoms in total. The molecule has 0 bridgehead atoms. The van der Waals surface area contributed by atoms with E-state index in [1.54, 1.807) is 20.3 Å². The number of imidazole rings is 1. The quantitative estimate of drug-likeness (QED) is 0.252. The van der Waals surface area contributed by atoms with Crippen molar-refractivity contribution < 1.29 is 14.3 Å². The lowest BCUT2D eigenvalue weighted by molar-refractivity contribution is 0.102. The van der Waals surface area contributed by atoms with Crippen molar-refractivity contribution in [1.29, 1.82) is 0 Å². The van der Waals surface area contributed by atoms with Crippen molar-refractivity contribution in [1.82, 2.24) is 8.97 Å². The maximum absolute atomic E-state index is 14.0. The first kappa shape index (κ1) is 24.2. The van der Waals surface area contributed by atoms with Crippen LogP contribution in [0.3, 0.4) is 0 Å². The van der Waals surface area contributed by atoms with Crippen LogP contribution in [-0.2, 0) is 13.0 Å². The van der Waals surface area contributed by atoms with Crippen LogP contribution < -0.4 is 14.8 Å². The third-order valence-electron chi connectivity index (χ3n) is 7.24. The molecule has 1 aliphatic rings. The molecular formula is C31H28ClN3O3. The zero-order valence-electron chi connectivity index (χ0n) is 21.3. The molecule has 0 aliphatic carbocycles. The molecule has 0 unspecified atom stereocenters. The predicted octanol–water partition coefficient (Wildman–Crippen LogP) is 7.33. The molecule has 3 aromatic carbocycles. The topological polar surface area (TPSA) is 56.9 Å². The van der Waals surface area contributed by atoms with Gasteiger partial charge in [0.15, 0.2) is 0 Å². The number of para-hydroxylation sites is 1.